The lowest BCUT2D eigenvalue weighted by molar-refractivity contribution is -0.115. The SMILES string of the molecule is CC(O)CCN(C)C(=O)c1ccc2c(c1)NC(=O)C2. The minimum absolute atomic E-state index is 0.0398. The van der Waals surface area contributed by atoms with Crippen molar-refractivity contribution in [2.75, 3.05) is 18.9 Å². The van der Waals surface area contributed by atoms with Gasteiger partial charge in [0.2, 0.25) is 5.91 Å². The lowest BCUT2D eigenvalue weighted by Crippen LogP contribution is -2.29. The first-order valence-corrected chi connectivity index (χ1v) is 6.33. The number of hydrogen-bond donors (Lipinski definition) is 2. The van der Waals surface area contributed by atoms with Gasteiger partial charge >= 0.3 is 0 Å². The van der Waals surface area contributed by atoms with E-state index in [1.165, 1.54) is 0 Å². The highest BCUT2D eigenvalue weighted by Crippen LogP contribution is 2.24. The molecule has 5 nitrogen and oxygen atoms in total. The predicted molar refractivity (Wildman–Crippen MR) is 72.0 cm³/mol. The summed E-state index contributed by atoms with van der Waals surface area (Å²) in [6.45, 7) is 2.20. The van der Waals surface area contributed by atoms with Crippen molar-refractivity contribution in [2.24, 2.45) is 0 Å². The van der Waals surface area contributed by atoms with Gasteiger partial charge in [0, 0.05) is 24.8 Å². The van der Waals surface area contributed by atoms with Crippen LogP contribution in [-0.2, 0) is 11.2 Å². The van der Waals surface area contributed by atoms with Crippen LogP contribution in [0.1, 0.15) is 29.3 Å². The molecule has 1 aliphatic rings. The maximum atomic E-state index is 12.2. The Bertz CT molecular complexity index is 511. The number of carbonyl (C=O) groups excluding carboxylic acids is 2. The molecule has 0 bridgehead atoms. The second kappa shape index (κ2) is 5.40. The molecule has 5 heteroatoms. The van der Waals surface area contributed by atoms with E-state index in [4.69, 9.17) is 0 Å². The Kier molecular flexibility index (Phi) is 3.85. The average molecular weight is 262 g/mol. The molecule has 0 spiro atoms. The first-order chi connectivity index (χ1) is 8.97. The van der Waals surface area contributed by atoms with Gasteiger partial charge in [0.15, 0.2) is 0 Å². The third-order valence-electron chi connectivity index (χ3n) is 3.21. The monoisotopic (exact) mass is 262 g/mol. The lowest BCUT2D eigenvalue weighted by atomic mass is 10.1. The summed E-state index contributed by atoms with van der Waals surface area (Å²) >= 11 is 0. The molecule has 0 saturated carbocycles. The Balaban J connectivity index is 2.08. The Morgan fingerprint density at radius 3 is 2.95 bits per heavy atom. The van der Waals surface area contributed by atoms with Crippen LogP contribution in [0.5, 0.6) is 0 Å². The second-order valence-electron chi connectivity index (χ2n) is 4.96. The number of aliphatic hydroxyl groups excluding tert-OH is 1. The van der Waals surface area contributed by atoms with E-state index in [0.29, 0.717) is 24.9 Å². The van der Waals surface area contributed by atoms with Crippen molar-refractivity contribution >= 4 is 17.5 Å². The van der Waals surface area contributed by atoms with Gasteiger partial charge < -0.3 is 15.3 Å². The number of nitrogens with zero attached hydrogens (tertiary/aromatic N) is 1. The third kappa shape index (κ3) is 3.12. The van der Waals surface area contributed by atoms with Crippen molar-refractivity contribution in [1.82, 2.24) is 4.90 Å². The molecule has 102 valence electrons. The highest BCUT2D eigenvalue weighted by Gasteiger charge is 2.20. The molecule has 1 unspecified atom stereocenters. The van der Waals surface area contributed by atoms with Gasteiger partial charge in [-0.05, 0) is 31.0 Å². The molecule has 2 N–H and O–H groups in total. The van der Waals surface area contributed by atoms with E-state index in [2.05, 4.69) is 5.32 Å². The molecule has 2 rings (SSSR count). The number of aliphatic hydroxyl groups is 1. The van der Waals surface area contributed by atoms with E-state index in [0.717, 1.165) is 11.3 Å². The van der Waals surface area contributed by atoms with E-state index in [-0.39, 0.29) is 11.8 Å². The van der Waals surface area contributed by atoms with Crippen LogP contribution >= 0.6 is 0 Å². The zero-order valence-electron chi connectivity index (χ0n) is 11.1. The van der Waals surface area contributed by atoms with Crippen LogP contribution in [0.15, 0.2) is 18.2 Å². The lowest BCUT2D eigenvalue weighted by Gasteiger charge is -2.18. The molecule has 1 heterocycles. The van der Waals surface area contributed by atoms with Crippen molar-refractivity contribution in [3.63, 3.8) is 0 Å². The van der Waals surface area contributed by atoms with Crippen LogP contribution in [-0.4, -0.2) is 41.5 Å². The number of rotatable bonds is 4. The van der Waals surface area contributed by atoms with Gasteiger partial charge in [0.25, 0.3) is 5.91 Å². The van der Waals surface area contributed by atoms with E-state index in [1.807, 2.05) is 6.07 Å². The summed E-state index contributed by atoms with van der Waals surface area (Å²) in [7, 11) is 1.70. The topological polar surface area (TPSA) is 69.6 Å². The Morgan fingerprint density at radius 1 is 1.53 bits per heavy atom. The first kappa shape index (κ1) is 13.5. The van der Waals surface area contributed by atoms with Crippen LogP contribution in [0.25, 0.3) is 0 Å². The molecule has 19 heavy (non-hydrogen) atoms. The van der Waals surface area contributed by atoms with Crippen molar-refractivity contribution in [3.8, 4) is 0 Å². The van der Waals surface area contributed by atoms with Gasteiger partial charge in [-0.15, -0.1) is 0 Å². The number of anilines is 1. The Labute approximate surface area is 112 Å². The second-order valence-corrected chi connectivity index (χ2v) is 4.96. The number of benzene rings is 1. The number of hydrogen-bond acceptors (Lipinski definition) is 3. The molecule has 1 aromatic rings. The summed E-state index contributed by atoms with van der Waals surface area (Å²) in [6, 6.07) is 5.25. The fourth-order valence-corrected chi connectivity index (χ4v) is 2.05. The highest BCUT2D eigenvalue weighted by molar-refractivity contribution is 6.02. The summed E-state index contributed by atoms with van der Waals surface area (Å²) in [5.41, 5.74) is 2.20. The smallest absolute Gasteiger partial charge is 0.253 e. The van der Waals surface area contributed by atoms with Gasteiger partial charge in [0.05, 0.1) is 12.5 Å². The maximum Gasteiger partial charge on any atom is 0.253 e. The van der Waals surface area contributed by atoms with Crippen LogP contribution in [0.2, 0.25) is 0 Å². The largest absolute Gasteiger partial charge is 0.393 e. The minimum Gasteiger partial charge on any atom is -0.393 e. The average Bonchev–Trinajstić information content (AvgIpc) is 2.73. The van der Waals surface area contributed by atoms with Crippen molar-refractivity contribution in [3.05, 3.63) is 29.3 Å². The van der Waals surface area contributed by atoms with Crippen molar-refractivity contribution in [2.45, 2.75) is 25.9 Å². The highest BCUT2D eigenvalue weighted by atomic mass is 16.3. The molecule has 0 aliphatic carbocycles. The Hall–Kier alpha value is -1.88. The van der Waals surface area contributed by atoms with Crippen LogP contribution in [0, 0.1) is 0 Å². The van der Waals surface area contributed by atoms with Crippen molar-refractivity contribution in [1.29, 1.82) is 0 Å². The van der Waals surface area contributed by atoms with Gasteiger partial charge in [0.1, 0.15) is 0 Å². The molecule has 0 aromatic heterocycles. The molecule has 1 atom stereocenters. The van der Waals surface area contributed by atoms with Gasteiger partial charge in [-0.3, -0.25) is 9.59 Å². The molecule has 0 fully saturated rings. The predicted octanol–water partition coefficient (Wildman–Crippen LogP) is 1.02. The normalized spacial score (nSPS) is 14.8. The summed E-state index contributed by atoms with van der Waals surface area (Å²) in [5.74, 6) is -0.147. The van der Waals surface area contributed by atoms with Crippen molar-refractivity contribution < 1.29 is 14.7 Å². The third-order valence-corrected chi connectivity index (χ3v) is 3.21. The first-order valence-electron chi connectivity index (χ1n) is 6.33. The van der Waals surface area contributed by atoms with E-state index in [9.17, 15) is 14.7 Å². The summed E-state index contributed by atoms with van der Waals surface area (Å²) < 4.78 is 0. The molecular weight excluding hydrogens is 244 g/mol. The summed E-state index contributed by atoms with van der Waals surface area (Å²) in [4.78, 5) is 25.0. The zero-order valence-corrected chi connectivity index (χ0v) is 11.1. The molecular formula is C14H18N2O3. The molecule has 0 radical (unpaired) electrons. The fraction of sp³-hybridized carbons (Fsp3) is 0.429. The number of carbonyl (C=O) groups is 2. The van der Waals surface area contributed by atoms with Crippen LogP contribution < -0.4 is 5.32 Å². The van der Waals surface area contributed by atoms with Crippen LogP contribution in [0.3, 0.4) is 0 Å². The molecule has 1 aromatic carbocycles. The minimum atomic E-state index is -0.422. The number of fused-ring (bicyclic) bond motifs is 1. The molecule has 0 saturated heterocycles. The quantitative estimate of drug-likeness (QED) is 0.851. The number of nitrogens with one attached hydrogen (secondary N) is 1. The standard InChI is InChI=1S/C14H18N2O3/c1-9(17)5-6-16(2)14(19)11-4-3-10-8-13(18)15-12(10)7-11/h3-4,7,9,17H,5-6,8H2,1-2H3,(H,15,18). The molecule has 1 aliphatic heterocycles. The van der Waals surface area contributed by atoms with Crippen LogP contribution in [0.4, 0.5) is 5.69 Å². The van der Waals surface area contributed by atoms with Gasteiger partial charge in [-0.25, -0.2) is 0 Å². The summed E-state index contributed by atoms with van der Waals surface area (Å²) in [5, 5.41) is 12.0. The Morgan fingerprint density at radius 2 is 2.26 bits per heavy atom. The van der Waals surface area contributed by atoms with E-state index in [1.54, 1.807) is 31.0 Å². The maximum absolute atomic E-state index is 12.2. The summed E-state index contributed by atoms with van der Waals surface area (Å²) in [6.07, 6.45) is 0.501. The van der Waals surface area contributed by atoms with E-state index < -0.39 is 6.10 Å². The number of amides is 2. The molecule has 2 amide bonds. The van der Waals surface area contributed by atoms with Gasteiger partial charge in [-0.2, -0.15) is 0 Å². The van der Waals surface area contributed by atoms with E-state index >= 15 is 0 Å². The zero-order chi connectivity index (χ0) is 14.0. The fourth-order valence-electron chi connectivity index (χ4n) is 2.05. The van der Waals surface area contributed by atoms with Gasteiger partial charge in [-0.1, -0.05) is 6.07 Å².